The molecule has 1 atom stereocenters. The highest BCUT2D eigenvalue weighted by Gasteiger charge is 2.38. The van der Waals surface area contributed by atoms with Crippen molar-refractivity contribution >= 4 is 23.4 Å². The lowest BCUT2D eigenvalue weighted by atomic mass is 10.1. The third kappa shape index (κ3) is 4.99. The quantitative estimate of drug-likeness (QED) is 0.547. The molecule has 0 saturated heterocycles. The van der Waals surface area contributed by atoms with Gasteiger partial charge in [-0.1, -0.05) is 26.0 Å². The van der Waals surface area contributed by atoms with Crippen LogP contribution < -0.4 is 10.6 Å². The zero-order valence-corrected chi connectivity index (χ0v) is 19.1. The van der Waals surface area contributed by atoms with Gasteiger partial charge in [0.25, 0.3) is 11.8 Å². The minimum absolute atomic E-state index is 0.224. The van der Waals surface area contributed by atoms with E-state index in [1.165, 1.54) is 4.90 Å². The van der Waals surface area contributed by atoms with Crippen molar-refractivity contribution in [1.82, 2.24) is 9.80 Å². The minimum atomic E-state index is -0.453. The van der Waals surface area contributed by atoms with Crippen molar-refractivity contribution in [3.63, 3.8) is 0 Å². The SMILES string of the molecule is CCN(CC)CCN(CCC(C)N1C(=O)c2ccccc2C1=O)c1ccc(C(N)=O)cc1. The molecule has 0 bridgehead atoms. The monoisotopic (exact) mass is 436 g/mol. The molecule has 3 rings (SSSR count). The lowest BCUT2D eigenvalue weighted by Crippen LogP contribution is -2.41. The Morgan fingerprint density at radius 3 is 1.97 bits per heavy atom. The van der Waals surface area contributed by atoms with Crippen LogP contribution in [0, 0.1) is 0 Å². The van der Waals surface area contributed by atoms with Crippen LogP contribution >= 0.6 is 0 Å². The molecule has 0 spiro atoms. The Balaban J connectivity index is 1.72. The van der Waals surface area contributed by atoms with Gasteiger partial charge in [0.2, 0.25) is 5.91 Å². The van der Waals surface area contributed by atoms with Crippen LogP contribution in [0.5, 0.6) is 0 Å². The molecule has 2 aromatic rings. The average molecular weight is 437 g/mol. The second-order valence-electron chi connectivity index (χ2n) is 8.09. The van der Waals surface area contributed by atoms with Crippen LogP contribution in [0.3, 0.4) is 0 Å². The van der Waals surface area contributed by atoms with E-state index in [9.17, 15) is 14.4 Å². The summed E-state index contributed by atoms with van der Waals surface area (Å²) < 4.78 is 0. The summed E-state index contributed by atoms with van der Waals surface area (Å²) in [6.07, 6.45) is 0.640. The Labute approximate surface area is 189 Å². The second kappa shape index (κ2) is 10.4. The largest absolute Gasteiger partial charge is 0.370 e. The topological polar surface area (TPSA) is 86.9 Å². The zero-order valence-electron chi connectivity index (χ0n) is 19.1. The molecule has 32 heavy (non-hydrogen) atoms. The molecule has 0 fully saturated rings. The fraction of sp³-hybridized carbons (Fsp3) is 0.400. The first kappa shape index (κ1) is 23.5. The summed E-state index contributed by atoms with van der Waals surface area (Å²) in [7, 11) is 0. The maximum absolute atomic E-state index is 12.8. The molecule has 0 aliphatic carbocycles. The van der Waals surface area contributed by atoms with E-state index < -0.39 is 5.91 Å². The Morgan fingerprint density at radius 1 is 0.906 bits per heavy atom. The molecule has 2 N–H and O–H groups in total. The average Bonchev–Trinajstić information content (AvgIpc) is 3.06. The highest BCUT2D eigenvalue weighted by atomic mass is 16.2. The van der Waals surface area contributed by atoms with Crippen molar-refractivity contribution in [3.05, 3.63) is 65.2 Å². The van der Waals surface area contributed by atoms with Gasteiger partial charge in [0.05, 0.1) is 11.1 Å². The predicted octanol–water partition coefficient (Wildman–Crippen LogP) is 3.01. The lowest BCUT2D eigenvalue weighted by molar-refractivity contribution is 0.0591. The van der Waals surface area contributed by atoms with Crippen LogP contribution in [0.25, 0.3) is 0 Å². The van der Waals surface area contributed by atoms with Gasteiger partial charge in [-0.2, -0.15) is 0 Å². The van der Waals surface area contributed by atoms with Gasteiger partial charge in [-0.05, 0) is 62.8 Å². The van der Waals surface area contributed by atoms with Crippen LogP contribution in [0.1, 0.15) is 58.3 Å². The van der Waals surface area contributed by atoms with Gasteiger partial charge in [-0.25, -0.2) is 0 Å². The number of imide groups is 1. The Bertz CT molecular complexity index is 934. The summed E-state index contributed by atoms with van der Waals surface area (Å²) in [6, 6.07) is 14.0. The first-order valence-electron chi connectivity index (χ1n) is 11.2. The highest BCUT2D eigenvalue weighted by Crippen LogP contribution is 2.26. The number of rotatable bonds is 11. The van der Waals surface area contributed by atoms with Gasteiger partial charge < -0.3 is 15.5 Å². The molecule has 1 aliphatic rings. The van der Waals surface area contributed by atoms with Crippen molar-refractivity contribution in [2.45, 2.75) is 33.2 Å². The third-order valence-corrected chi connectivity index (χ3v) is 6.18. The van der Waals surface area contributed by atoms with Crippen LogP contribution in [0.2, 0.25) is 0 Å². The molecule has 1 aliphatic heterocycles. The van der Waals surface area contributed by atoms with Crippen molar-refractivity contribution in [2.75, 3.05) is 37.6 Å². The number of carbonyl (C=O) groups excluding carboxylic acids is 3. The summed E-state index contributed by atoms with van der Waals surface area (Å²) in [6.45, 7) is 10.5. The van der Waals surface area contributed by atoms with Gasteiger partial charge >= 0.3 is 0 Å². The van der Waals surface area contributed by atoms with Gasteiger partial charge in [0.15, 0.2) is 0 Å². The number of benzene rings is 2. The van der Waals surface area contributed by atoms with E-state index >= 15 is 0 Å². The van der Waals surface area contributed by atoms with Crippen LogP contribution in [-0.2, 0) is 0 Å². The predicted molar refractivity (Wildman–Crippen MR) is 126 cm³/mol. The lowest BCUT2D eigenvalue weighted by Gasteiger charge is -2.31. The molecule has 3 amide bonds. The molecular formula is C25H32N4O3. The molecule has 1 unspecified atom stereocenters. The fourth-order valence-electron chi connectivity index (χ4n) is 4.09. The van der Waals surface area contributed by atoms with Crippen LogP contribution in [0.4, 0.5) is 5.69 Å². The molecule has 0 aromatic heterocycles. The maximum atomic E-state index is 12.8. The third-order valence-electron chi connectivity index (χ3n) is 6.18. The molecule has 2 aromatic carbocycles. The number of fused-ring (bicyclic) bond motifs is 1. The molecule has 1 heterocycles. The zero-order chi connectivity index (χ0) is 23.3. The molecular weight excluding hydrogens is 404 g/mol. The van der Waals surface area contributed by atoms with Crippen molar-refractivity contribution in [1.29, 1.82) is 0 Å². The number of amides is 3. The Hall–Kier alpha value is -3.19. The number of carbonyl (C=O) groups is 3. The van der Waals surface area contributed by atoms with Gasteiger partial charge in [0, 0.05) is 36.9 Å². The van der Waals surface area contributed by atoms with Gasteiger partial charge in [0.1, 0.15) is 0 Å². The molecule has 7 heteroatoms. The number of likely N-dealkylation sites (N-methyl/N-ethyl adjacent to an activating group) is 1. The maximum Gasteiger partial charge on any atom is 0.261 e. The second-order valence-corrected chi connectivity index (χ2v) is 8.09. The number of hydrogen-bond acceptors (Lipinski definition) is 5. The molecule has 0 saturated carbocycles. The van der Waals surface area contributed by atoms with E-state index in [-0.39, 0.29) is 17.9 Å². The van der Waals surface area contributed by atoms with E-state index in [0.717, 1.165) is 31.9 Å². The van der Waals surface area contributed by atoms with Crippen LogP contribution in [0.15, 0.2) is 48.5 Å². The Morgan fingerprint density at radius 2 is 1.47 bits per heavy atom. The van der Waals surface area contributed by atoms with Crippen molar-refractivity contribution in [2.24, 2.45) is 5.73 Å². The summed E-state index contributed by atoms with van der Waals surface area (Å²) in [4.78, 5) is 43.0. The van der Waals surface area contributed by atoms with E-state index in [1.807, 2.05) is 19.1 Å². The Kier molecular flexibility index (Phi) is 7.64. The van der Waals surface area contributed by atoms with Crippen molar-refractivity contribution in [3.8, 4) is 0 Å². The van der Waals surface area contributed by atoms with Crippen molar-refractivity contribution < 1.29 is 14.4 Å². The van der Waals surface area contributed by atoms with Gasteiger partial charge in [-0.15, -0.1) is 0 Å². The van der Waals surface area contributed by atoms with E-state index in [4.69, 9.17) is 5.73 Å². The van der Waals surface area contributed by atoms with E-state index in [2.05, 4.69) is 23.6 Å². The van der Waals surface area contributed by atoms with E-state index in [1.54, 1.807) is 36.4 Å². The number of anilines is 1. The van der Waals surface area contributed by atoms with Crippen LogP contribution in [-0.4, -0.2) is 66.3 Å². The molecule has 7 nitrogen and oxygen atoms in total. The summed E-state index contributed by atoms with van der Waals surface area (Å²) in [5, 5.41) is 0. The normalized spacial score (nSPS) is 14.1. The number of nitrogens with zero attached hydrogens (tertiary/aromatic N) is 3. The molecule has 170 valence electrons. The summed E-state index contributed by atoms with van der Waals surface area (Å²) >= 11 is 0. The first-order valence-corrected chi connectivity index (χ1v) is 11.2. The molecule has 0 radical (unpaired) electrons. The standard InChI is InChI=1S/C25H32N4O3/c1-4-27(5-2)16-17-28(20-12-10-19(11-13-20)23(26)30)15-14-18(3)29-24(31)21-8-6-7-9-22(21)25(29)32/h6-13,18H,4-5,14-17H2,1-3H3,(H2,26,30). The highest BCUT2D eigenvalue weighted by molar-refractivity contribution is 6.21. The van der Waals surface area contributed by atoms with E-state index in [0.29, 0.717) is 29.7 Å². The smallest absolute Gasteiger partial charge is 0.261 e. The number of nitrogens with two attached hydrogens (primary N) is 1. The fourth-order valence-corrected chi connectivity index (χ4v) is 4.09. The minimum Gasteiger partial charge on any atom is -0.370 e. The summed E-state index contributed by atoms with van der Waals surface area (Å²) in [5.74, 6) is -0.900. The summed E-state index contributed by atoms with van der Waals surface area (Å²) in [5.41, 5.74) is 7.78. The number of hydrogen-bond donors (Lipinski definition) is 1. The van der Waals surface area contributed by atoms with Gasteiger partial charge in [-0.3, -0.25) is 19.3 Å². The first-order chi connectivity index (χ1) is 15.4. The number of primary amides is 1.